The highest BCUT2D eigenvalue weighted by molar-refractivity contribution is 7.05. The first kappa shape index (κ1) is 50.9. The van der Waals surface area contributed by atoms with Crippen LogP contribution < -0.4 is 0 Å². The van der Waals surface area contributed by atoms with Gasteiger partial charge in [-0.05, 0) is 18.9 Å². The lowest BCUT2D eigenvalue weighted by Gasteiger charge is -1.98. The van der Waals surface area contributed by atoms with Crippen LogP contribution in [0, 0.1) is 0 Å². The van der Waals surface area contributed by atoms with Crippen LogP contribution in [-0.4, -0.2) is 87.8 Å². The molecule has 0 saturated heterocycles. The van der Waals surface area contributed by atoms with Crippen LogP contribution >= 0.6 is 0 Å². The summed E-state index contributed by atoms with van der Waals surface area (Å²) in [5.41, 5.74) is 7.08. The first-order valence-corrected chi connectivity index (χ1v) is 7.91. The van der Waals surface area contributed by atoms with Crippen molar-refractivity contribution in [1.82, 2.24) is 0 Å². The largest absolute Gasteiger partial charge is 0.294 e. The van der Waals surface area contributed by atoms with Crippen molar-refractivity contribution in [1.29, 1.82) is 0 Å². The molecule has 15 nitrogen and oxygen atoms in total. The molecule has 40 heavy (non-hydrogen) atoms. The molecular formula is C25H26O15. The predicted molar refractivity (Wildman–Crippen MR) is 133 cm³/mol. The molecule has 0 atom stereocenters. The van der Waals surface area contributed by atoms with Crippen LogP contribution in [0.2, 0.25) is 0 Å². The van der Waals surface area contributed by atoms with Crippen molar-refractivity contribution in [3.63, 3.8) is 0 Å². The minimum atomic E-state index is -2.77. The molecule has 0 radical (unpaired) electrons. The van der Waals surface area contributed by atoms with Crippen molar-refractivity contribution >= 4 is 87.8 Å². The molecule has 0 bridgehead atoms. The lowest BCUT2D eigenvalue weighted by atomic mass is 9.97. The van der Waals surface area contributed by atoms with E-state index in [0.29, 0.717) is 0 Å². The van der Waals surface area contributed by atoms with Gasteiger partial charge in [0.1, 0.15) is 0 Å². The minimum Gasteiger partial charge on any atom is -0.294 e. The topological polar surface area (TPSA) is 256 Å². The third kappa shape index (κ3) is 13.4. The number of ketones is 13. The molecule has 15 heteroatoms. The van der Waals surface area contributed by atoms with Gasteiger partial charge in [-0.3, -0.25) is 71.9 Å². The summed E-state index contributed by atoms with van der Waals surface area (Å²) in [5.74, 6) is -33.1. The van der Waals surface area contributed by atoms with Crippen molar-refractivity contribution in [3.05, 3.63) is 30.4 Å². The first-order valence-electron chi connectivity index (χ1n) is 7.91. The Morgan fingerprint density at radius 1 is 0.350 bits per heavy atom. The third-order valence-corrected chi connectivity index (χ3v) is 2.90. The van der Waals surface area contributed by atoms with Gasteiger partial charge >= 0.3 is 0 Å². The molecule has 0 aromatic carbocycles. The molecule has 0 saturated carbocycles. The number of aldehydes is 2. The van der Waals surface area contributed by atoms with E-state index in [1.54, 1.807) is 0 Å². The maximum Gasteiger partial charge on any atom is 0.281 e. The van der Waals surface area contributed by atoms with Crippen LogP contribution in [0.1, 0.15) is 37.1 Å². The van der Waals surface area contributed by atoms with Crippen LogP contribution in [0.3, 0.4) is 0 Å². The smallest absolute Gasteiger partial charge is 0.281 e. The second kappa shape index (κ2) is 23.5. The molecule has 0 aliphatic rings. The summed E-state index contributed by atoms with van der Waals surface area (Å²) in [6.45, 7) is 6.42. The second-order valence-corrected chi connectivity index (χ2v) is 5.06. The van der Waals surface area contributed by atoms with Crippen molar-refractivity contribution in [2.24, 2.45) is 0 Å². The molecular weight excluding hydrogens is 540 g/mol. The number of hydrogen-bond donors (Lipinski definition) is 0. The average molecular weight is 566 g/mol. The molecule has 0 rings (SSSR count). The Hall–Kier alpha value is -5.87. The van der Waals surface area contributed by atoms with E-state index in [-0.39, 0.29) is 37.1 Å². The maximum atomic E-state index is 11.4. The molecule has 0 heterocycles. The zero-order valence-corrected chi connectivity index (χ0v) is 16.7. The highest BCUT2D eigenvalue weighted by Crippen LogP contribution is 1.94. The summed E-state index contributed by atoms with van der Waals surface area (Å²) in [7, 11) is 0. The summed E-state index contributed by atoms with van der Waals surface area (Å²) in [6.07, 6.45) is -1.46. The SMILES string of the molecule is C.C.C.C.C.C=C=C=C=C.O=CC(=O)C(=O)C(=O)C(=O)C(=O)C(=O)C(=O)C(=O)C(=O)C(=O)C(=O)C(=O)C(=O)C=O. The zero-order chi connectivity index (χ0) is 28.0. The molecule has 0 N–H and O–H groups in total. The fourth-order valence-electron chi connectivity index (χ4n) is 1.32. The quantitative estimate of drug-likeness (QED) is 0.0975. The average Bonchev–Trinajstić information content (AvgIpc) is 2.87. The lowest BCUT2D eigenvalue weighted by Crippen LogP contribution is -2.46. The summed E-state index contributed by atoms with van der Waals surface area (Å²) >= 11 is 0. The van der Waals surface area contributed by atoms with Gasteiger partial charge in [-0.2, -0.15) is 0 Å². The Bertz CT molecular complexity index is 1190. The van der Waals surface area contributed by atoms with Crippen molar-refractivity contribution in [3.8, 4) is 0 Å². The highest BCUT2D eigenvalue weighted by atomic mass is 16.2. The van der Waals surface area contributed by atoms with Crippen LogP contribution in [0.5, 0.6) is 0 Å². The van der Waals surface area contributed by atoms with Gasteiger partial charge in [-0.25, -0.2) is 0 Å². The summed E-state index contributed by atoms with van der Waals surface area (Å²) in [4.78, 5) is 165. The molecule has 0 fully saturated rings. The van der Waals surface area contributed by atoms with E-state index < -0.39 is 87.8 Å². The molecule has 0 unspecified atom stereocenters. The Morgan fingerprint density at radius 3 is 0.600 bits per heavy atom. The van der Waals surface area contributed by atoms with Crippen LogP contribution in [0.15, 0.2) is 30.4 Å². The second-order valence-electron chi connectivity index (χ2n) is 5.06. The van der Waals surface area contributed by atoms with Crippen molar-refractivity contribution in [2.75, 3.05) is 0 Å². The standard InChI is InChI=1S/C15H2O15.C5H4.5CH4/c16-1-3(18)5(20)7(22)9(24)11(26)13(28)15(30)14(29)12(27)10(25)8(23)6(21)4(19)2-17;1-3-5-4-2;;;;;/h1-2H;1-2H2;5*1H4. The van der Waals surface area contributed by atoms with Gasteiger partial charge in [-0.1, -0.05) is 48.6 Å². The Labute approximate surface area is 227 Å². The monoisotopic (exact) mass is 566 g/mol. The van der Waals surface area contributed by atoms with E-state index in [2.05, 4.69) is 30.4 Å². The van der Waals surface area contributed by atoms with Gasteiger partial charge in [0.25, 0.3) is 75.2 Å². The zero-order valence-electron chi connectivity index (χ0n) is 16.7. The van der Waals surface area contributed by atoms with Crippen molar-refractivity contribution in [2.45, 2.75) is 37.1 Å². The van der Waals surface area contributed by atoms with Crippen LogP contribution in [-0.2, 0) is 71.9 Å². The van der Waals surface area contributed by atoms with Gasteiger partial charge in [0.2, 0.25) is 0 Å². The third-order valence-electron chi connectivity index (χ3n) is 2.90. The molecule has 0 aliphatic carbocycles. The number of hydrogen-bond acceptors (Lipinski definition) is 15. The normalized spacial score (nSPS) is 7.40. The van der Waals surface area contributed by atoms with E-state index >= 15 is 0 Å². The molecule has 0 aromatic rings. The summed E-state index contributed by atoms with van der Waals surface area (Å²) in [6, 6.07) is 0. The summed E-state index contributed by atoms with van der Waals surface area (Å²) in [5, 5.41) is 0. The van der Waals surface area contributed by atoms with Gasteiger partial charge in [0, 0.05) is 0 Å². The number of rotatable bonds is 14. The number of Topliss-reactive ketones (excluding diaryl/α,β-unsaturated/α-hetero) is 13. The van der Waals surface area contributed by atoms with E-state index in [9.17, 15) is 71.9 Å². The first-order chi connectivity index (χ1) is 16.2. The highest BCUT2D eigenvalue weighted by Gasteiger charge is 2.44. The van der Waals surface area contributed by atoms with Crippen molar-refractivity contribution < 1.29 is 71.9 Å². The van der Waals surface area contributed by atoms with Gasteiger partial charge in [-0.15, -0.1) is 0 Å². The number of carbonyl (C=O) groups excluding carboxylic acids is 15. The predicted octanol–water partition coefficient (Wildman–Crippen LogP) is -1.77. The summed E-state index contributed by atoms with van der Waals surface area (Å²) < 4.78 is 0. The van der Waals surface area contributed by atoms with Gasteiger partial charge in [0.15, 0.2) is 12.6 Å². The Balaban J connectivity index is -0.000000199. The molecule has 0 aromatic heterocycles. The maximum absolute atomic E-state index is 11.4. The van der Waals surface area contributed by atoms with E-state index in [1.165, 1.54) is 0 Å². The van der Waals surface area contributed by atoms with E-state index in [0.717, 1.165) is 0 Å². The number of carbonyl (C=O) groups is 15. The minimum absolute atomic E-state index is 0. The Morgan fingerprint density at radius 2 is 0.500 bits per heavy atom. The van der Waals surface area contributed by atoms with Crippen LogP contribution in [0.25, 0.3) is 0 Å². The lowest BCUT2D eigenvalue weighted by molar-refractivity contribution is -0.157. The van der Waals surface area contributed by atoms with Gasteiger partial charge < -0.3 is 0 Å². The van der Waals surface area contributed by atoms with E-state index in [4.69, 9.17) is 0 Å². The van der Waals surface area contributed by atoms with Gasteiger partial charge in [0.05, 0.1) is 0 Å². The van der Waals surface area contributed by atoms with E-state index in [1.807, 2.05) is 0 Å². The fraction of sp³-hybridized carbons (Fsp3) is 0.200. The van der Waals surface area contributed by atoms with Crippen LogP contribution in [0.4, 0.5) is 0 Å². The molecule has 216 valence electrons. The fourth-order valence-corrected chi connectivity index (χ4v) is 1.32. The Kier molecular flexibility index (Phi) is 29.9. The molecule has 0 spiro atoms. The molecule has 0 amide bonds. The molecule has 0 aliphatic heterocycles.